The first kappa shape index (κ1) is 20.4. The Hall–Kier alpha value is -1.90. The summed E-state index contributed by atoms with van der Waals surface area (Å²) in [5.74, 6) is -0.296. The molecule has 0 saturated heterocycles. The number of benzene rings is 2. The number of amides is 1. The summed E-state index contributed by atoms with van der Waals surface area (Å²) in [6.07, 6.45) is 2.20. The highest BCUT2D eigenvalue weighted by Crippen LogP contribution is 2.11. The number of carbonyl (C=O) groups is 1. The maximum absolute atomic E-state index is 13.7. The van der Waals surface area contributed by atoms with Gasteiger partial charge in [-0.15, -0.1) is 0 Å². The molecule has 5 nitrogen and oxygen atoms in total. The van der Waals surface area contributed by atoms with Crippen LogP contribution >= 0.6 is 11.8 Å². The van der Waals surface area contributed by atoms with Gasteiger partial charge in [0.1, 0.15) is 11.9 Å². The highest BCUT2D eigenvalue weighted by Gasteiger charge is 2.25. The van der Waals surface area contributed by atoms with Crippen molar-refractivity contribution in [1.82, 2.24) is 10.0 Å². The van der Waals surface area contributed by atoms with Gasteiger partial charge in [0, 0.05) is 12.1 Å². The van der Waals surface area contributed by atoms with Gasteiger partial charge in [-0.1, -0.05) is 36.4 Å². The Kier molecular flexibility index (Phi) is 7.62. The summed E-state index contributed by atoms with van der Waals surface area (Å²) in [7, 11) is -3.82. The van der Waals surface area contributed by atoms with Gasteiger partial charge in [-0.05, 0) is 36.6 Å². The molecule has 0 spiro atoms. The molecule has 0 aliphatic heterocycles. The Morgan fingerprint density at radius 3 is 2.42 bits per heavy atom. The molecule has 2 rings (SSSR count). The maximum atomic E-state index is 13.7. The zero-order valence-corrected chi connectivity index (χ0v) is 15.9. The Bertz CT molecular complexity index is 829. The molecule has 1 amide bonds. The summed E-state index contributed by atoms with van der Waals surface area (Å²) >= 11 is 1.51. The second kappa shape index (κ2) is 9.70. The van der Waals surface area contributed by atoms with E-state index in [9.17, 15) is 17.6 Å². The van der Waals surface area contributed by atoms with E-state index in [-0.39, 0.29) is 11.4 Å². The summed E-state index contributed by atoms with van der Waals surface area (Å²) in [5, 5.41) is 2.61. The molecule has 2 aromatic rings. The topological polar surface area (TPSA) is 75.3 Å². The minimum atomic E-state index is -3.82. The molecule has 0 saturated carbocycles. The van der Waals surface area contributed by atoms with Crippen LogP contribution in [0.15, 0.2) is 59.5 Å². The third kappa shape index (κ3) is 5.82. The van der Waals surface area contributed by atoms with Crippen molar-refractivity contribution in [2.75, 3.05) is 12.0 Å². The number of thioether (sulfide) groups is 1. The fourth-order valence-corrected chi connectivity index (χ4v) is 4.00. The molecule has 0 bridgehead atoms. The van der Waals surface area contributed by atoms with Gasteiger partial charge in [0.15, 0.2) is 0 Å². The van der Waals surface area contributed by atoms with E-state index in [4.69, 9.17) is 0 Å². The van der Waals surface area contributed by atoms with E-state index in [1.165, 1.54) is 30.0 Å². The minimum Gasteiger partial charge on any atom is -0.351 e. The predicted molar refractivity (Wildman–Crippen MR) is 102 cm³/mol. The van der Waals surface area contributed by atoms with Crippen LogP contribution in [0.25, 0.3) is 0 Å². The van der Waals surface area contributed by atoms with Gasteiger partial charge in [0.2, 0.25) is 15.9 Å². The minimum absolute atomic E-state index is 0.00562. The van der Waals surface area contributed by atoms with Crippen molar-refractivity contribution < 1.29 is 17.6 Å². The highest BCUT2D eigenvalue weighted by atomic mass is 32.2. The first-order valence-electron chi connectivity index (χ1n) is 8.01. The van der Waals surface area contributed by atoms with Gasteiger partial charge in [0.25, 0.3) is 0 Å². The third-order valence-corrected chi connectivity index (χ3v) is 5.82. The quantitative estimate of drug-likeness (QED) is 0.683. The highest BCUT2D eigenvalue weighted by molar-refractivity contribution is 7.98. The van der Waals surface area contributed by atoms with Crippen LogP contribution in [0.1, 0.15) is 12.0 Å². The van der Waals surface area contributed by atoms with Gasteiger partial charge in [-0.2, -0.15) is 16.5 Å². The van der Waals surface area contributed by atoms with Crippen LogP contribution in [0, 0.1) is 5.82 Å². The molecule has 0 heterocycles. The van der Waals surface area contributed by atoms with Crippen LogP contribution in [-0.4, -0.2) is 32.4 Å². The molecule has 26 heavy (non-hydrogen) atoms. The van der Waals surface area contributed by atoms with Crippen LogP contribution < -0.4 is 10.0 Å². The molecular weight excluding hydrogens is 375 g/mol. The van der Waals surface area contributed by atoms with Crippen molar-refractivity contribution in [2.45, 2.75) is 23.9 Å². The molecule has 2 aromatic carbocycles. The van der Waals surface area contributed by atoms with Crippen molar-refractivity contribution in [1.29, 1.82) is 0 Å². The van der Waals surface area contributed by atoms with E-state index in [2.05, 4.69) is 10.0 Å². The van der Waals surface area contributed by atoms with Gasteiger partial charge < -0.3 is 5.32 Å². The summed E-state index contributed by atoms with van der Waals surface area (Å²) in [4.78, 5) is 12.6. The molecule has 0 aromatic heterocycles. The second-order valence-electron chi connectivity index (χ2n) is 5.58. The SMILES string of the molecule is CSCC[C@@H](NS(=O)(=O)c1ccccc1)C(=O)NCc1ccccc1F. The molecule has 0 fully saturated rings. The molecule has 2 N–H and O–H groups in total. The number of hydrogen-bond donors (Lipinski definition) is 2. The van der Waals surface area contributed by atoms with Crippen molar-refractivity contribution >= 4 is 27.7 Å². The van der Waals surface area contributed by atoms with Crippen molar-refractivity contribution in [3.05, 3.63) is 66.0 Å². The Balaban J connectivity index is 2.08. The fourth-order valence-electron chi connectivity index (χ4n) is 2.28. The largest absolute Gasteiger partial charge is 0.351 e. The maximum Gasteiger partial charge on any atom is 0.241 e. The lowest BCUT2D eigenvalue weighted by molar-refractivity contribution is -0.122. The van der Waals surface area contributed by atoms with E-state index in [1.54, 1.807) is 36.4 Å². The van der Waals surface area contributed by atoms with Gasteiger partial charge in [0.05, 0.1) is 4.90 Å². The summed E-state index contributed by atoms with van der Waals surface area (Å²) < 4.78 is 41.1. The van der Waals surface area contributed by atoms with Crippen molar-refractivity contribution in [2.24, 2.45) is 0 Å². The Morgan fingerprint density at radius 2 is 1.77 bits per heavy atom. The number of carbonyl (C=O) groups excluding carboxylic acids is 1. The average Bonchev–Trinajstić information content (AvgIpc) is 2.65. The zero-order chi connectivity index (χ0) is 19.0. The molecule has 140 valence electrons. The van der Waals surface area contributed by atoms with E-state index >= 15 is 0 Å². The average molecular weight is 397 g/mol. The van der Waals surface area contributed by atoms with E-state index < -0.39 is 27.8 Å². The molecule has 0 aliphatic carbocycles. The number of rotatable bonds is 9. The normalized spacial score (nSPS) is 12.5. The first-order valence-corrected chi connectivity index (χ1v) is 10.9. The molecule has 8 heteroatoms. The monoisotopic (exact) mass is 396 g/mol. The summed E-state index contributed by atoms with van der Waals surface area (Å²) in [6.45, 7) is -0.00562. The van der Waals surface area contributed by atoms with Gasteiger partial charge in [-0.25, -0.2) is 12.8 Å². The van der Waals surface area contributed by atoms with Crippen LogP contribution in [0.5, 0.6) is 0 Å². The standard InChI is InChI=1S/C18H21FN2O3S2/c1-25-12-11-17(21-26(23,24)15-8-3-2-4-9-15)18(22)20-13-14-7-5-6-10-16(14)19/h2-10,17,21H,11-13H2,1H3,(H,20,22)/t17-/m1/s1. The van der Waals surface area contributed by atoms with Crippen LogP contribution in [0.3, 0.4) is 0 Å². The van der Waals surface area contributed by atoms with E-state index in [1.807, 2.05) is 6.26 Å². The third-order valence-electron chi connectivity index (χ3n) is 3.69. The molecular formula is C18H21FN2O3S2. The van der Waals surface area contributed by atoms with Crippen molar-refractivity contribution in [3.8, 4) is 0 Å². The molecule has 1 atom stereocenters. The van der Waals surface area contributed by atoms with Gasteiger partial charge >= 0.3 is 0 Å². The summed E-state index contributed by atoms with van der Waals surface area (Å²) in [5.41, 5.74) is 0.343. The van der Waals surface area contributed by atoms with Crippen LogP contribution in [-0.2, 0) is 21.4 Å². The Labute approximate surface area is 157 Å². The van der Waals surface area contributed by atoms with Crippen LogP contribution in [0.2, 0.25) is 0 Å². The summed E-state index contributed by atoms with van der Waals surface area (Å²) in [6, 6.07) is 13.1. The van der Waals surface area contributed by atoms with E-state index in [0.29, 0.717) is 17.7 Å². The predicted octanol–water partition coefficient (Wildman–Crippen LogP) is 2.54. The smallest absolute Gasteiger partial charge is 0.241 e. The first-order chi connectivity index (χ1) is 12.4. The number of hydrogen-bond acceptors (Lipinski definition) is 4. The fraction of sp³-hybridized carbons (Fsp3) is 0.278. The number of halogens is 1. The van der Waals surface area contributed by atoms with E-state index in [0.717, 1.165) is 0 Å². The number of nitrogens with one attached hydrogen (secondary N) is 2. The van der Waals surface area contributed by atoms with Gasteiger partial charge in [-0.3, -0.25) is 4.79 Å². The molecule has 0 aliphatic rings. The van der Waals surface area contributed by atoms with Crippen LogP contribution in [0.4, 0.5) is 4.39 Å². The molecule has 0 radical (unpaired) electrons. The second-order valence-corrected chi connectivity index (χ2v) is 8.28. The lowest BCUT2D eigenvalue weighted by atomic mass is 10.2. The lowest BCUT2D eigenvalue weighted by Gasteiger charge is -2.18. The zero-order valence-electron chi connectivity index (χ0n) is 14.3. The Morgan fingerprint density at radius 1 is 1.12 bits per heavy atom. The molecule has 0 unspecified atom stereocenters. The number of sulfonamides is 1. The van der Waals surface area contributed by atoms with Crippen molar-refractivity contribution in [3.63, 3.8) is 0 Å². The lowest BCUT2D eigenvalue weighted by Crippen LogP contribution is -2.46.